The molecule has 0 saturated carbocycles. The summed E-state index contributed by atoms with van der Waals surface area (Å²) >= 11 is 0. The second-order valence-electron chi connectivity index (χ2n) is 8.08. The van der Waals surface area contributed by atoms with Crippen molar-refractivity contribution >= 4 is 11.8 Å². The maximum atomic E-state index is 12.4. The van der Waals surface area contributed by atoms with Gasteiger partial charge in [0, 0.05) is 25.9 Å². The lowest BCUT2D eigenvalue weighted by Crippen LogP contribution is -2.52. The molecule has 1 rings (SSSR count). The fraction of sp³-hybridized carbons (Fsp3) is 0.889. The molecule has 0 unspecified atom stereocenters. The second-order valence-corrected chi connectivity index (χ2v) is 8.08. The van der Waals surface area contributed by atoms with Crippen LogP contribution >= 0.6 is 0 Å². The van der Waals surface area contributed by atoms with E-state index in [1.54, 1.807) is 9.80 Å². The van der Waals surface area contributed by atoms with E-state index < -0.39 is 5.60 Å². The maximum Gasteiger partial charge on any atom is 0.222 e. The molecule has 5 nitrogen and oxygen atoms in total. The molecule has 0 aromatic rings. The van der Waals surface area contributed by atoms with E-state index in [9.17, 15) is 14.7 Å². The van der Waals surface area contributed by atoms with Gasteiger partial charge in [-0.2, -0.15) is 0 Å². The van der Waals surface area contributed by atoms with Gasteiger partial charge in [0.15, 0.2) is 0 Å². The summed E-state index contributed by atoms with van der Waals surface area (Å²) in [5.74, 6) is 0.687. The minimum absolute atomic E-state index is 0.0238. The van der Waals surface area contributed by atoms with Crippen molar-refractivity contribution in [1.82, 2.24) is 9.80 Å². The Morgan fingerprint density at radius 3 is 1.48 bits per heavy atom. The summed E-state index contributed by atoms with van der Waals surface area (Å²) in [6, 6.07) is 0. The molecule has 1 saturated heterocycles. The van der Waals surface area contributed by atoms with Crippen LogP contribution in [0.5, 0.6) is 0 Å². The number of nitrogens with zero attached hydrogens (tertiary/aromatic N) is 2. The first-order valence-corrected chi connectivity index (χ1v) is 8.83. The van der Waals surface area contributed by atoms with Gasteiger partial charge in [-0.15, -0.1) is 0 Å². The van der Waals surface area contributed by atoms with Crippen molar-refractivity contribution in [1.29, 1.82) is 0 Å². The first-order chi connectivity index (χ1) is 10.5. The van der Waals surface area contributed by atoms with Crippen LogP contribution in [0.15, 0.2) is 0 Å². The Labute approximate surface area is 141 Å². The van der Waals surface area contributed by atoms with Crippen LogP contribution in [0.1, 0.15) is 54.4 Å². The predicted molar refractivity (Wildman–Crippen MR) is 91.9 cm³/mol. The van der Waals surface area contributed by atoms with Crippen molar-refractivity contribution in [2.45, 2.75) is 60.0 Å². The highest BCUT2D eigenvalue weighted by Crippen LogP contribution is 2.24. The molecule has 2 amide bonds. The molecular formula is C18H34N2O3. The van der Waals surface area contributed by atoms with Gasteiger partial charge in [-0.3, -0.25) is 9.59 Å². The van der Waals surface area contributed by atoms with Gasteiger partial charge in [0.1, 0.15) is 5.60 Å². The maximum absolute atomic E-state index is 12.4. The molecule has 1 aliphatic heterocycles. The smallest absolute Gasteiger partial charge is 0.222 e. The van der Waals surface area contributed by atoms with Gasteiger partial charge in [0.25, 0.3) is 0 Å². The highest BCUT2D eigenvalue weighted by molar-refractivity contribution is 5.78. The molecule has 0 aliphatic carbocycles. The summed E-state index contributed by atoms with van der Waals surface area (Å²) in [6.07, 6.45) is 0.961. The number of hydrogen-bond acceptors (Lipinski definition) is 3. The molecule has 0 aromatic carbocycles. The highest BCUT2D eigenvalue weighted by atomic mass is 16.3. The number of aliphatic hydroxyl groups is 1. The third-order valence-corrected chi connectivity index (χ3v) is 4.52. The van der Waals surface area contributed by atoms with Gasteiger partial charge in [-0.05, 0) is 17.8 Å². The molecule has 0 spiro atoms. The normalized spacial score (nSPS) is 18.7. The summed E-state index contributed by atoms with van der Waals surface area (Å²) in [5, 5.41) is 11.0. The molecule has 0 aromatic heterocycles. The zero-order valence-electron chi connectivity index (χ0n) is 15.6. The van der Waals surface area contributed by atoms with Crippen molar-refractivity contribution in [3.05, 3.63) is 0 Å². The first kappa shape index (κ1) is 19.9. The van der Waals surface area contributed by atoms with E-state index in [1.165, 1.54) is 0 Å². The van der Waals surface area contributed by atoms with E-state index in [2.05, 4.69) is 0 Å². The first-order valence-electron chi connectivity index (χ1n) is 8.83. The summed E-state index contributed by atoms with van der Waals surface area (Å²) in [7, 11) is 0. The van der Waals surface area contributed by atoms with E-state index in [4.69, 9.17) is 0 Å². The van der Waals surface area contributed by atoms with Crippen molar-refractivity contribution in [2.24, 2.45) is 17.8 Å². The quantitative estimate of drug-likeness (QED) is 0.842. The Hall–Kier alpha value is -1.10. The van der Waals surface area contributed by atoms with E-state index in [-0.39, 0.29) is 29.6 Å². The number of carbonyl (C=O) groups excluding carboxylic acids is 2. The highest BCUT2D eigenvalue weighted by Gasteiger charge is 2.40. The SMILES string of the molecule is CC(C)CC(=O)N1CCN(C(=O)CC(C)C)CC(O)(C(C)C)C1. The molecule has 0 atom stereocenters. The molecule has 1 heterocycles. The molecule has 134 valence electrons. The number of β-amino-alcohol motifs (C(OH)–C–C–N with tert-alkyl or cyclic N) is 1. The van der Waals surface area contributed by atoms with Crippen LogP contribution in [0.25, 0.3) is 0 Å². The van der Waals surface area contributed by atoms with Crippen LogP contribution in [-0.4, -0.2) is 58.5 Å². The van der Waals surface area contributed by atoms with Gasteiger partial charge >= 0.3 is 0 Å². The molecule has 23 heavy (non-hydrogen) atoms. The molecular weight excluding hydrogens is 292 g/mol. The van der Waals surface area contributed by atoms with Gasteiger partial charge in [-0.1, -0.05) is 41.5 Å². The summed E-state index contributed by atoms with van der Waals surface area (Å²) in [4.78, 5) is 28.4. The van der Waals surface area contributed by atoms with Crippen LogP contribution in [0.3, 0.4) is 0 Å². The Morgan fingerprint density at radius 2 is 1.22 bits per heavy atom. The Bertz CT molecular complexity index is 386. The van der Waals surface area contributed by atoms with Crippen LogP contribution in [0.2, 0.25) is 0 Å². The third-order valence-electron chi connectivity index (χ3n) is 4.52. The molecule has 0 radical (unpaired) electrons. The van der Waals surface area contributed by atoms with Crippen LogP contribution in [0, 0.1) is 17.8 Å². The second kappa shape index (κ2) is 8.13. The lowest BCUT2D eigenvalue weighted by Gasteiger charge is -2.36. The van der Waals surface area contributed by atoms with Gasteiger partial charge in [0.2, 0.25) is 11.8 Å². The fourth-order valence-electron chi connectivity index (χ4n) is 2.86. The van der Waals surface area contributed by atoms with E-state index >= 15 is 0 Å². The largest absolute Gasteiger partial charge is 0.386 e. The zero-order chi connectivity index (χ0) is 17.8. The molecule has 1 N–H and O–H groups in total. The zero-order valence-corrected chi connectivity index (χ0v) is 15.6. The molecule has 5 heteroatoms. The lowest BCUT2D eigenvalue weighted by molar-refractivity contribution is -0.137. The molecule has 1 aliphatic rings. The van der Waals surface area contributed by atoms with Crippen LogP contribution in [0.4, 0.5) is 0 Å². The third kappa shape index (κ3) is 5.79. The Balaban J connectivity index is 2.92. The Morgan fingerprint density at radius 1 is 0.870 bits per heavy atom. The average Bonchev–Trinajstić information content (AvgIpc) is 2.57. The van der Waals surface area contributed by atoms with Gasteiger partial charge in [0.05, 0.1) is 13.1 Å². The minimum Gasteiger partial charge on any atom is -0.386 e. The van der Waals surface area contributed by atoms with Crippen LogP contribution < -0.4 is 0 Å². The van der Waals surface area contributed by atoms with Gasteiger partial charge in [-0.25, -0.2) is 0 Å². The van der Waals surface area contributed by atoms with E-state index in [0.29, 0.717) is 39.0 Å². The average molecular weight is 326 g/mol. The number of rotatable bonds is 5. The Kier molecular flexibility index (Phi) is 7.05. The summed E-state index contributed by atoms with van der Waals surface area (Å²) < 4.78 is 0. The lowest BCUT2D eigenvalue weighted by atomic mass is 9.89. The number of carbonyl (C=O) groups is 2. The molecule has 0 bridgehead atoms. The molecule has 1 fully saturated rings. The number of hydrogen-bond donors (Lipinski definition) is 1. The van der Waals surface area contributed by atoms with Crippen molar-refractivity contribution in [3.8, 4) is 0 Å². The van der Waals surface area contributed by atoms with Crippen molar-refractivity contribution < 1.29 is 14.7 Å². The van der Waals surface area contributed by atoms with E-state index in [1.807, 2.05) is 41.5 Å². The van der Waals surface area contributed by atoms with Crippen LogP contribution in [-0.2, 0) is 9.59 Å². The fourth-order valence-corrected chi connectivity index (χ4v) is 2.86. The minimum atomic E-state index is -1.05. The number of amides is 2. The summed E-state index contributed by atoms with van der Waals surface area (Å²) in [6.45, 7) is 13.6. The van der Waals surface area contributed by atoms with Gasteiger partial charge < -0.3 is 14.9 Å². The summed E-state index contributed by atoms with van der Waals surface area (Å²) in [5.41, 5.74) is -1.05. The van der Waals surface area contributed by atoms with Crippen molar-refractivity contribution in [3.63, 3.8) is 0 Å². The van der Waals surface area contributed by atoms with E-state index in [0.717, 1.165) is 0 Å². The topological polar surface area (TPSA) is 60.9 Å². The van der Waals surface area contributed by atoms with Crippen molar-refractivity contribution in [2.75, 3.05) is 26.2 Å². The monoisotopic (exact) mass is 326 g/mol. The predicted octanol–water partition coefficient (Wildman–Crippen LogP) is 2.14. The standard InChI is InChI=1S/C18H34N2O3/c1-13(2)9-16(21)19-7-8-20(17(22)10-14(3)4)12-18(23,11-19)15(5)6/h13-15,23H,7-12H2,1-6H3.